The highest BCUT2D eigenvalue weighted by Crippen LogP contribution is 2.50. The second-order valence-corrected chi connectivity index (χ2v) is 9.00. The topological polar surface area (TPSA) is 17.1 Å². The first kappa shape index (κ1) is 14.2. The average molecular weight is 218 g/mol. The van der Waals surface area contributed by atoms with E-state index in [4.69, 9.17) is 0 Å². The van der Waals surface area contributed by atoms with Crippen LogP contribution in [0.3, 0.4) is 0 Å². The van der Waals surface area contributed by atoms with Crippen LogP contribution in [0.25, 0.3) is 0 Å². The third kappa shape index (κ3) is 6.65. The summed E-state index contributed by atoms with van der Waals surface area (Å²) in [5.74, 6) is 1.70. The quantitative estimate of drug-likeness (QED) is 0.607. The van der Waals surface area contributed by atoms with Crippen LogP contribution in [-0.2, 0) is 4.57 Å². The Hall–Kier alpha value is 0.230. The lowest BCUT2D eigenvalue weighted by Gasteiger charge is -2.23. The average Bonchev–Trinajstić information content (AvgIpc) is 1.76. The molecular formula is C12H27OP. The highest BCUT2D eigenvalue weighted by molar-refractivity contribution is 7.63. The summed E-state index contributed by atoms with van der Waals surface area (Å²) in [6, 6.07) is 0. The van der Waals surface area contributed by atoms with Crippen LogP contribution >= 0.6 is 7.14 Å². The zero-order valence-electron chi connectivity index (χ0n) is 10.7. The molecule has 0 radical (unpaired) electrons. The summed E-state index contributed by atoms with van der Waals surface area (Å²) >= 11 is 0. The molecule has 0 aromatic heterocycles. The van der Waals surface area contributed by atoms with Gasteiger partial charge in [0.2, 0.25) is 0 Å². The van der Waals surface area contributed by atoms with Crippen molar-refractivity contribution >= 4 is 7.14 Å². The molecule has 0 aliphatic heterocycles. The van der Waals surface area contributed by atoms with Crippen molar-refractivity contribution in [2.45, 2.75) is 41.5 Å². The van der Waals surface area contributed by atoms with Crippen LogP contribution < -0.4 is 0 Å². The summed E-state index contributed by atoms with van der Waals surface area (Å²) in [5, 5.41) is 0. The predicted molar refractivity (Wildman–Crippen MR) is 66.7 cm³/mol. The van der Waals surface area contributed by atoms with Crippen molar-refractivity contribution in [3.63, 3.8) is 0 Å². The second kappa shape index (κ2) is 5.95. The second-order valence-electron chi connectivity index (χ2n) is 5.79. The van der Waals surface area contributed by atoms with Gasteiger partial charge in [0.1, 0.15) is 0 Å². The largest absolute Gasteiger partial charge is 0.324 e. The third-order valence-corrected chi connectivity index (χ3v) is 6.28. The molecule has 0 aromatic rings. The van der Waals surface area contributed by atoms with E-state index >= 15 is 0 Å². The Bertz CT molecular complexity index is 161. The molecule has 0 heterocycles. The van der Waals surface area contributed by atoms with Crippen molar-refractivity contribution in [1.82, 2.24) is 0 Å². The van der Waals surface area contributed by atoms with Crippen LogP contribution in [0.2, 0.25) is 0 Å². The van der Waals surface area contributed by atoms with Crippen molar-refractivity contribution in [3.05, 3.63) is 0 Å². The maximum atomic E-state index is 12.6. The van der Waals surface area contributed by atoms with E-state index in [0.717, 1.165) is 18.5 Å². The van der Waals surface area contributed by atoms with Gasteiger partial charge in [-0.3, -0.25) is 0 Å². The minimum absolute atomic E-state index is 0.568. The van der Waals surface area contributed by atoms with E-state index in [0.29, 0.717) is 17.8 Å². The lowest BCUT2D eigenvalue weighted by Crippen LogP contribution is -2.11. The van der Waals surface area contributed by atoms with E-state index in [1.165, 1.54) is 0 Å². The first-order chi connectivity index (χ1) is 6.25. The molecule has 0 atom stereocenters. The molecular weight excluding hydrogens is 191 g/mol. The zero-order valence-corrected chi connectivity index (χ0v) is 11.6. The molecule has 0 aliphatic rings. The first-order valence-electron chi connectivity index (χ1n) is 5.82. The maximum Gasteiger partial charge on any atom is 0.0885 e. The third-order valence-electron chi connectivity index (χ3n) is 2.09. The molecule has 0 saturated carbocycles. The van der Waals surface area contributed by atoms with Crippen LogP contribution in [0.4, 0.5) is 0 Å². The fraction of sp³-hybridized carbons (Fsp3) is 1.00. The highest BCUT2D eigenvalue weighted by Gasteiger charge is 2.25. The van der Waals surface area contributed by atoms with E-state index in [9.17, 15) is 4.57 Å². The van der Waals surface area contributed by atoms with Gasteiger partial charge in [-0.05, 0) is 17.8 Å². The summed E-state index contributed by atoms with van der Waals surface area (Å²) in [5.41, 5.74) is 0. The van der Waals surface area contributed by atoms with Gasteiger partial charge in [-0.15, -0.1) is 0 Å². The normalized spacial score (nSPS) is 13.2. The van der Waals surface area contributed by atoms with Crippen LogP contribution in [0.1, 0.15) is 41.5 Å². The standard InChI is InChI=1S/C12H27OP/c1-10(2)7-14(13,8-11(3)4)9-12(5)6/h10-12H,7-9H2,1-6H3. The molecule has 0 rings (SSSR count). The van der Waals surface area contributed by atoms with Crippen molar-refractivity contribution in [3.8, 4) is 0 Å². The first-order valence-corrected chi connectivity index (χ1v) is 8.08. The van der Waals surface area contributed by atoms with E-state index in [1.807, 2.05) is 0 Å². The van der Waals surface area contributed by atoms with Gasteiger partial charge >= 0.3 is 0 Å². The summed E-state index contributed by atoms with van der Waals surface area (Å²) in [6.45, 7) is 13.0. The molecule has 0 aromatic carbocycles. The lowest BCUT2D eigenvalue weighted by molar-refractivity contribution is 0.546. The van der Waals surface area contributed by atoms with Gasteiger partial charge < -0.3 is 4.57 Å². The Labute approximate surface area is 90.0 Å². The molecule has 0 spiro atoms. The molecule has 2 heteroatoms. The van der Waals surface area contributed by atoms with Crippen molar-refractivity contribution in [2.75, 3.05) is 18.5 Å². The van der Waals surface area contributed by atoms with Crippen LogP contribution in [0.15, 0.2) is 0 Å². The van der Waals surface area contributed by atoms with Crippen LogP contribution in [-0.4, -0.2) is 18.5 Å². The van der Waals surface area contributed by atoms with Crippen molar-refractivity contribution in [2.24, 2.45) is 17.8 Å². The molecule has 0 unspecified atom stereocenters. The molecule has 0 amide bonds. The molecule has 0 bridgehead atoms. The van der Waals surface area contributed by atoms with E-state index in [-0.39, 0.29) is 0 Å². The minimum atomic E-state index is -1.89. The number of hydrogen-bond acceptors (Lipinski definition) is 1. The number of rotatable bonds is 6. The van der Waals surface area contributed by atoms with Gasteiger partial charge in [0.25, 0.3) is 0 Å². The van der Waals surface area contributed by atoms with E-state index in [2.05, 4.69) is 41.5 Å². The predicted octanol–water partition coefficient (Wildman–Crippen LogP) is 4.32. The molecule has 0 saturated heterocycles. The number of hydrogen-bond donors (Lipinski definition) is 0. The highest BCUT2D eigenvalue weighted by atomic mass is 31.2. The van der Waals surface area contributed by atoms with Crippen LogP contribution in [0, 0.1) is 17.8 Å². The fourth-order valence-corrected chi connectivity index (χ4v) is 6.66. The summed E-state index contributed by atoms with van der Waals surface area (Å²) in [4.78, 5) is 0. The molecule has 1 nitrogen and oxygen atoms in total. The van der Waals surface area contributed by atoms with Crippen molar-refractivity contribution in [1.29, 1.82) is 0 Å². The Kier molecular flexibility index (Phi) is 6.05. The minimum Gasteiger partial charge on any atom is -0.324 e. The maximum absolute atomic E-state index is 12.6. The lowest BCUT2D eigenvalue weighted by atomic mass is 10.3. The van der Waals surface area contributed by atoms with E-state index in [1.54, 1.807) is 0 Å². The molecule has 0 N–H and O–H groups in total. The zero-order chi connectivity index (χ0) is 11.4. The van der Waals surface area contributed by atoms with Gasteiger partial charge in [0, 0.05) is 18.5 Å². The van der Waals surface area contributed by atoms with Crippen LogP contribution in [0.5, 0.6) is 0 Å². The summed E-state index contributed by atoms with van der Waals surface area (Å²) in [6.07, 6.45) is 2.80. The fourth-order valence-electron chi connectivity index (χ4n) is 2.22. The smallest absolute Gasteiger partial charge is 0.0885 e. The Balaban J connectivity index is 4.41. The summed E-state index contributed by atoms with van der Waals surface area (Å²) < 4.78 is 12.6. The van der Waals surface area contributed by atoms with Crippen molar-refractivity contribution < 1.29 is 4.57 Å². The monoisotopic (exact) mass is 218 g/mol. The molecule has 14 heavy (non-hydrogen) atoms. The van der Waals surface area contributed by atoms with Gasteiger partial charge in [0.15, 0.2) is 0 Å². The summed E-state index contributed by atoms with van der Waals surface area (Å²) in [7, 11) is -1.89. The SMILES string of the molecule is CC(C)CP(=O)(CC(C)C)CC(C)C. The molecule has 0 aliphatic carbocycles. The van der Waals surface area contributed by atoms with Gasteiger partial charge in [-0.2, -0.15) is 0 Å². The van der Waals surface area contributed by atoms with Gasteiger partial charge in [0.05, 0.1) is 7.14 Å². The van der Waals surface area contributed by atoms with E-state index < -0.39 is 7.14 Å². The van der Waals surface area contributed by atoms with Gasteiger partial charge in [-0.1, -0.05) is 41.5 Å². The Morgan fingerprint density at radius 3 is 1.07 bits per heavy atom. The molecule has 0 fully saturated rings. The Morgan fingerprint density at radius 2 is 0.929 bits per heavy atom. The van der Waals surface area contributed by atoms with Gasteiger partial charge in [-0.25, -0.2) is 0 Å². The Morgan fingerprint density at radius 1 is 0.714 bits per heavy atom. The molecule has 86 valence electrons.